The van der Waals surface area contributed by atoms with Crippen molar-refractivity contribution >= 4 is 23.3 Å². The monoisotopic (exact) mass is 381 g/mol. The standard InChI is InChI=1S/C20H23N5OS/c1-2-3-7-15-10-12-17(13-11-15)22-18-19(26)25(21)20(24-23-18)27-14-16-8-5-4-6-9-16/h4-6,8-13H,2-3,7,14,21H2,1H3,(H,22,23). The number of unbranched alkanes of at least 4 members (excludes halogenated alkanes) is 1. The fourth-order valence-electron chi connectivity index (χ4n) is 2.56. The van der Waals surface area contributed by atoms with E-state index < -0.39 is 5.56 Å². The van der Waals surface area contributed by atoms with Crippen LogP contribution in [0.15, 0.2) is 64.5 Å². The Labute approximate surface area is 162 Å². The summed E-state index contributed by atoms with van der Waals surface area (Å²) >= 11 is 1.38. The van der Waals surface area contributed by atoms with Crippen LogP contribution in [0.4, 0.5) is 11.5 Å². The summed E-state index contributed by atoms with van der Waals surface area (Å²) in [6.45, 7) is 2.17. The number of nitrogens with zero attached hydrogens (tertiary/aromatic N) is 3. The van der Waals surface area contributed by atoms with Crippen molar-refractivity contribution in [2.45, 2.75) is 37.1 Å². The second-order valence-corrected chi connectivity index (χ2v) is 7.15. The van der Waals surface area contributed by atoms with Crippen molar-refractivity contribution in [1.82, 2.24) is 14.9 Å². The average Bonchev–Trinajstić information content (AvgIpc) is 2.71. The molecule has 0 fully saturated rings. The summed E-state index contributed by atoms with van der Waals surface area (Å²) < 4.78 is 1.04. The Hall–Kier alpha value is -2.80. The maximum Gasteiger partial charge on any atom is 0.315 e. The van der Waals surface area contributed by atoms with Crippen molar-refractivity contribution in [3.63, 3.8) is 0 Å². The number of benzene rings is 2. The molecular formula is C20H23N5OS. The van der Waals surface area contributed by atoms with Crippen LogP contribution in [0.25, 0.3) is 0 Å². The molecule has 3 rings (SSSR count). The lowest BCUT2D eigenvalue weighted by Gasteiger charge is -2.09. The van der Waals surface area contributed by atoms with E-state index in [0.29, 0.717) is 10.9 Å². The first-order valence-corrected chi connectivity index (χ1v) is 9.93. The first-order chi connectivity index (χ1) is 13.2. The zero-order valence-electron chi connectivity index (χ0n) is 15.3. The zero-order valence-corrected chi connectivity index (χ0v) is 16.1. The van der Waals surface area contributed by atoms with Gasteiger partial charge in [0.2, 0.25) is 11.0 Å². The highest BCUT2D eigenvalue weighted by atomic mass is 32.2. The molecule has 0 unspecified atom stereocenters. The molecule has 27 heavy (non-hydrogen) atoms. The van der Waals surface area contributed by atoms with Gasteiger partial charge >= 0.3 is 5.56 Å². The van der Waals surface area contributed by atoms with Crippen LogP contribution in [0.5, 0.6) is 0 Å². The number of nitrogen functional groups attached to an aromatic ring is 1. The van der Waals surface area contributed by atoms with Gasteiger partial charge < -0.3 is 11.2 Å². The summed E-state index contributed by atoms with van der Waals surface area (Å²) in [7, 11) is 0. The van der Waals surface area contributed by atoms with Gasteiger partial charge in [-0.1, -0.05) is 67.6 Å². The Morgan fingerprint density at radius 3 is 2.48 bits per heavy atom. The highest BCUT2D eigenvalue weighted by Gasteiger charge is 2.11. The third-order valence-electron chi connectivity index (χ3n) is 4.11. The molecule has 3 N–H and O–H groups in total. The van der Waals surface area contributed by atoms with Crippen LogP contribution in [0, 0.1) is 0 Å². The minimum Gasteiger partial charge on any atom is -0.334 e. The van der Waals surface area contributed by atoms with Crippen LogP contribution in [-0.2, 0) is 12.2 Å². The average molecular weight is 382 g/mol. The Morgan fingerprint density at radius 1 is 1.04 bits per heavy atom. The molecule has 0 amide bonds. The topological polar surface area (TPSA) is 85.8 Å². The molecule has 6 nitrogen and oxygen atoms in total. The summed E-state index contributed by atoms with van der Waals surface area (Å²) in [5.74, 6) is 6.70. The van der Waals surface area contributed by atoms with Crippen LogP contribution >= 0.6 is 11.8 Å². The molecule has 7 heteroatoms. The lowest BCUT2D eigenvalue weighted by molar-refractivity contribution is 0.705. The number of rotatable bonds is 8. The highest BCUT2D eigenvalue weighted by molar-refractivity contribution is 7.98. The van der Waals surface area contributed by atoms with Gasteiger partial charge in [-0.25, -0.2) is 0 Å². The molecule has 0 aliphatic carbocycles. The molecule has 0 aliphatic heterocycles. The number of thioether (sulfide) groups is 1. The molecule has 0 spiro atoms. The first kappa shape index (κ1) is 19.0. The van der Waals surface area contributed by atoms with E-state index in [0.717, 1.165) is 28.8 Å². The molecule has 3 aromatic rings. The van der Waals surface area contributed by atoms with E-state index >= 15 is 0 Å². The van der Waals surface area contributed by atoms with Gasteiger partial charge in [0, 0.05) is 11.4 Å². The van der Waals surface area contributed by atoms with Gasteiger partial charge in [-0.3, -0.25) is 4.79 Å². The van der Waals surface area contributed by atoms with E-state index in [4.69, 9.17) is 5.84 Å². The first-order valence-electron chi connectivity index (χ1n) is 8.95. The van der Waals surface area contributed by atoms with Gasteiger partial charge in [0.05, 0.1) is 0 Å². The van der Waals surface area contributed by atoms with Crippen LogP contribution in [0.3, 0.4) is 0 Å². The smallest absolute Gasteiger partial charge is 0.315 e. The molecule has 2 aromatic carbocycles. The van der Waals surface area contributed by atoms with Gasteiger partial charge in [0.15, 0.2) is 0 Å². The van der Waals surface area contributed by atoms with Crippen molar-refractivity contribution in [2.75, 3.05) is 11.2 Å². The summed E-state index contributed by atoms with van der Waals surface area (Å²) in [4.78, 5) is 12.5. The van der Waals surface area contributed by atoms with Crippen molar-refractivity contribution in [3.8, 4) is 0 Å². The number of hydrogen-bond acceptors (Lipinski definition) is 6. The Balaban J connectivity index is 1.68. The molecule has 0 atom stereocenters. The second-order valence-electron chi connectivity index (χ2n) is 6.21. The number of nitrogens with two attached hydrogens (primary N) is 1. The second kappa shape index (κ2) is 9.23. The molecule has 1 heterocycles. The number of hydrogen-bond donors (Lipinski definition) is 2. The number of aryl methyl sites for hydroxylation is 1. The van der Waals surface area contributed by atoms with Gasteiger partial charge in [0.1, 0.15) is 0 Å². The van der Waals surface area contributed by atoms with E-state index in [1.807, 2.05) is 42.5 Å². The zero-order chi connectivity index (χ0) is 19.1. The molecule has 1 aromatic heterocycles. The molecule has 0 aliphatic rings. The quantitative estimate of drug-likeness (QED) is 0.457. The third kappa shape index (κ3) is 5.10. The fraction of sp³-hybridized carbons (Fsp3) is 0.250. The van der Waals surface area contributed by atoms with Crippen molar-refractivity contribution in [3.05, 3.63) is 76.1 Å². The van der Waals surface area contributed by atoms with E-state index in [2.05, 4.69) is 34.6 Å². The van der Waals surface area contributed by atoms with E-state index in [-0.39, 0.29) is 5.82 Å². The summed E-state index contributed by atoms with van der Waals surface area (Å²) in [6.07, 6.45) is 3.39. The predicted molar refractivity (Wildman–Crippen MR) is 111 cm³/mol. The molecule has 0 saturated heterocycles. The minimum absolute atomic E-state index is 0.114. The molecule has 0 radical (unpaired) electrons. The molecule has 0 bridgehead atoms. The van der Waals surface area contributed by atoms with Crippen molar-refractivity contribution < 1.29 is 0 Å². The van der Waals surface area contributed by atoms with Crippen LogP contribution < -0.4 is 16.7 Å². The summed E-state index contributed by atoms with van der Waals surface area (Å²) in [6, 6.07) is 17.9. The number of anilines is 2. The Kier molecular flexibility index (Phi) is 6.49. The maximum absolute atomic E-state index is 12.5. The van der Waals surface area contributed by atoms with Gasteiger partial charge in [-0.2, -0.15) is 4.68 Å². The molecule has 0 saturated carbocycles. The Bertz CT molecular complexity index is 925. The summed E-state index contributed by atoms with van der Waals surface area (Å²) in [5.41, 5.74) is 2.78. The van der Waals surface area contributed by atoms with Gasteiger partial charge in [0.25, 0.3) is 0 Å². The van der Waals surface area contributed by atoms with Crippen molar-refractivity contribution in [1.29, 1.82) is 0 Å². The minimum atomic E-state index is -0.407. The van der Waals surface area contributed by atoms with E-state index in [1.165, 1.54) is 23.7 Å². The van der Waals surface area contributed by atoms with Crippen molar-refractivity contribution in [2.24, 2.45) is 0 Å². The SMILES string of the molecule is CCCCc1ccc(Nc2nnc(SCc3ccccc3)n(N)c2=O)cc1. The van der Waals surface area contributed by atoms with Gasteiger partial charge in [-0.05, 0) is 36.1 Å². The predicted octanol–water partition coefficient (Wildman–Crippen LogP) is 3.73. The largest absolute Gasteiger partial charge is 0.334 e. The number of nitrogens with one attached hydrogen (secondary N) is 1. The molecule has 140 valence electrons. The fourth-order valence-corrected chi connectivity index (χ4v) is 3.36. The Morgan fingerprint density at radius 2 is 1.78 bits per heavy atom. The summed E-state index contributed by atoms with van der Waals surface area (Å²) in [5, 5.41) is 11.5. The normalized spacial score (nSPS) is 10.7. The highest BCUT2D eigenvalue weighted by Crippen LogP contribution is 2.19. The molecular weight excluding hydrogens is 358 g/mol. The number of aromatic nitrogens is 3. The third-order valence-corrected chi connectivity index (χ3v) is 5.12. The van der Waals surface area contributed by atoms with Crippen LogP contribution in [-0.4, -0.2) is 14.9 Å². The lowest BCUT2D eigenvalue weighted by atomic mass is 10.1. The van der Waals surface area contributed by atoms with E-state index in [1.54, 1.807) is 0 Å². The maximum atomic E-state index is 12.5. The lowest BCUT2D eigenvalue weighted by Crippen LogP contribution is -2.32. The van der Waals surface area contributed by atoms with E-state index in [9.17, 15) is 4.79 Å². The van der Waals surface area contributed by atoms with Crippen LogP contribution in [0.2, 0.25) is 0 Å². The van der Waals surface area contributed by atoms with Gasteiger partial charge in [-0.15, -0.1) is 10.2 Å². The van der Waals surface area contributed by atoms with Crippen LogP contribution in [0.1, 0.15) is 30.9 Å².